The summed E-state index contributed by atoms with van der Waals surface area (Å²) >= 11 is 0. The molecule has 2 aliphatic rings. The summed E-state index contributed by atoms with van der Waals surface area (Å²) in [4.78, 5) is 17.9. The Bertz CT molecular complexity index is 837. The zero-order valence-corrected chi connectivity index (χ0v) is 18.0. The van der Waals surface area contributed by atoms with E-state index < -0.39 is 5.60 Å². The predicted octanol–water partition coefficient (Wildman–Crippen LogP) is 4.26. The molecule has 2 aliphatic heterocycles. The van der Waals surface area contributed by atoms with Crippen LogP contribution >= 0.6 is 0 Å². The molecule has 2 saturated heterocycles. The molecular formula is C25H32N2O3. The maximum absolute atomic E-state index is 13.6. The number of carbonyl (C=O) groups is 1. The largest absolute Gasteiger partial charge is 0.491 e. The van der Waals surface area contributed by atoms with Crippen LogP contribution in [0.2, 0.25) is 0 Å². The van der Waals surface area contributed by atoms with E-state index >= 15 is 0 Å². The first-order chi connectivity index (χ1) is 14.6. The van der Waals surface area contributed by atoms with E-state index in [9.17, 15) is 4.79 Å². The Morgan fingerprint density at radius 1 is 1.03 bits per heavy atom. The molecule has 1 unspecified atom stereocenters. The number of carbonyl (C=O) groups excluding carboxylic acids is 1. The number of nitrogens with zero attached hydrogens (tertiary/aromatic N) is 2. The second-order valence-corrected chi connectivity index (χ2v) is 8.61. The minimum Gasteiger partial charge on any atom is -0.491 e. The molecule has 30 heavy (non-hydrogen) atoms. The lowest BCUT2D eigenvalue weighted by atomic mass is 9.93. The zero-order chi connectivity index (χ0) is 21.0. The maximum Gasteiger partial charge on any atom is 0.260 e. The van der Waals surface area contributed by atoms with Gasteiger partial charge < -0.3 is 14.4 Å². The Kier molecular flexibility index (Phi) is 6.40. The van der Waals surface area contributed by atoms with E-state index in [2.05, 4.69) is 17.0 Å². The van der Waals surface area contributed by atoms with E-state index in [1.54, 1.807) is 0 Å². The minimum atomic E-state index is -0.745. The number of ether oxygens (including phenoxy) is 2. The standard InChI is InChI=1S/C25H32N2O3/c1-20(2)30-23-12-10-21(11-13-23)18-26-16-17-29-25(19-26)14-6-7-15-27(24(25)28)22-8-4-3-5-9-22/h3-5,8-13,20H,6-7,14-19H2,1-2H3. The summed E-state index contributed by atoms with van der Waals surface area (Å²) in [6.45, 7) is 7.69. The molecule has 1 amide bonds. The molecule has 1 spiro atoms. The van der Waals surface area contributed by atoms with E-state index in [1.165, 1.54) is 5.56 Å². The third-order valence-electron chi connectivity index (χ3n) is 5.88. The molecule has 1 atom stereocenters. The number of benzene rings is 2. The van der Waals surface area contributed by atoms with Crippen molar-refractivity contribution in [2.24, 2.45) is 0 Å². The lowest BCUT2D eigenvalue weighted by molar-refractivity contribution is -0.158. The Labute approximate surface area is 179 Å². The minimum absolute atomic E-state index is 0.108. The van der Waals surface area contributed by atoms with Gasteiger partial charge in [-0.15, -0.1) is 0 Å². The first-order valence-corrected chi connectivity index (χ1v) is 11.0. The van der Waals surface area contributed by atoms with Crippen molar-refractivity contribution in [2.75, 3.05) is 31.1 Å². The molecule has 2 aromatic rings. The molecule has 2 aromatic carbocycles. The van der Waals surface area contributed by atoms with Crippen molar-refractivity contribution in [3.8, 4) is 5.75 Å². The van der Waals surface area contributed by atoms with Crippen LogP contribution in [0.3, 0.4) is 0 Å². The smallest absolute Gasteiger partial charge is 0.260 e. The SMILES string of the molecule is CC(C)Oc1ccc(CN2CCOC3(CCCCN(c4ccccc4)C3=O)C2)cc1. The van der Waals surface area contributed by atoms with Crippen LogP contribution in [-0.4, -0.2) is 48.8 Å². The lowest BCUT2D eigenvalue weighted by Crippen LogP contribution is -2.59. The number of hydrogen-bond acceptors (Lipinski definition) is 4. The third-order valence-corrected chi connectivity index (χ3v) is 5.88. The third kappa shape index (κ3) is 4.68. The van der Waals surface area contributed by atoms with Gasteiger partial charge in [0.2, 0.25) is 0 Å². The molecule has 4 rings (SSSR count). The number of morpholine rings is 1. The van der Waals surface area contributed by atoms with Gasteiger partial charge in [0, 0.05) is 31.9 Å². The Morgan fingerprint density at radius 3 is 2.53 bits per heavy atom. The Hall–Kier alpha value is -2.37. The van der Waals surface area contributed by atoms with Crippen LogP contribution in [-0.2, 0) is 16.1 Å². The Morgan fingerprint density at radius 2 is 1.80 bits per heavy atom. The van der Waals surface area contributed by atoms with Gasteiger partial charge in [-0.25, -0.2) is 0 Å². The molecule has 0 aromatic heterocycles. The zero-order valence-electron chi connectivity index (χ0n) is 18.0. The quantitative estimate of drug-likeness (QED) is 0.741. The fraction of sp³-hybridized carbons (Fsp3) is 0.480. The van der Waals surface area contributed by atoms with Crippen molar-refractivity contribution in [3.63, 3.8) is 0 Å². The van der Waals surface area contributed by atoms with E-state index in [0.29, 0.717) is 13.2 Å². The molecule has 0 N–H and O–H groups in total. The predicted molar refractivity (Wildman–Crippen MR) is 119 cm³/mol. The highest BCUT2D eigenvalue weighted by molar-refractivity contribution is 6.00. The van der Waals surface area contributed by atoms with Crippen molar-refractivity contribution in [2.45, 2.75) is 51.4 Å². The summed E-state index contributed by atoms with van der Waals surface area (Å²) < 4.78 is 12.0. The van der Waals surface area contributed by atoms with Gasteiger partial charge in [0.25, 0.3) is 5.91 Å². The molecule has 5 nitrogen and oxygen atoms in total. The molecule has 160 valence electrons. The molecule has 0 aliphatic carbocycles. The normalized spacial score (nSPS) is 23.0. The Balaban J connectivity index is 1.48. The number of para-hydroxylation sites is 1. The van der Waals surface area contributed by atoms with Gasteiger partial charge in [-0.2, -0.15) is 0 Å². The van der Waals surface area contributed by atoms with Gasteiger partial charge in [-0.3, -0.25) is 9.69 Å². The summed E-state index contributed by atoms with van der Waals surface area (Å²) in [6, 6.07) is 18.3. The van der Waals surface area contributed by atoms with Gasteiger partial charge in [0.1, 0.15) is 5.75 Å². The van der Waals surface area contributed by atoms with Gasteiger partial charge in [-0.1, -0.05) is 30.3 Å². The molecular weight excluding hydrogens is 376 g/mol. The lowest BCUT2D eigenvalue weighted by Gasteiger charge is -2.42. The summed E-state index contributed by atoms with van der Waals surface area (Å²) in [5, 5.41) is 0. The van der Waals surface area contributed by atoms with Crippen molar-refractivity contribution in [3.05, 3.63) is 60.2 Å². The van der Waals surface area contributed by atoms with E-state index in [4.69, 9.17) is 9.47 Å². The molecule has 5 heteroatoms. The van der Waals surface area contributed by atoms with E-state index in [0.717, 1.165) is 50.3 Å². The summed E-state index contributed by atoms with van der Waals surface area (Å²) in [6.07, 6.45) is 2.96. The van der Waals surface area contributed by atoms with Crippen molar-refractivity contribution < 1.29 is 14.3 Å². The van der Waals surface area contributed by atoms with Crippen LogP contribution in [0, 0.1) is 0 Å². The fourth-order valence-electron chi connectivity index (χ4n) is 4.46. The highest BCUT2D eigenvalue weighted by Crippen LogP contribution is 2.32. The van der Waals surface area contributed by atoms with Crippen LogP contribution in [0.4, 0.5) is 5.69 Å². The van der Waals surface area contributed by atoms with Crippen molar-refractivity contribution in [1.29, 1.82) is 0 Å². The average molecular weight is 409 g/mol. The van der Waals surface area contributed by atoms with Crippen LogP contribution in [0.15, 0.2) is 54.6 Å². The molecule has 2 heterocycles. The van der Waals surface area contributed by atoms with Crippen molar-refractivity contribution >= 4 is 11.6 Å². The average Bonchev–Trinajstić information content (AvgIpc) is 2.89. The first kappa shape index (κ1) is 20.9. The van der Waals surface area contributed by atoms with Crippen LogP contribution in [0.1, 0.15) is 38.7 Å². The topological polar surface area (TPSA) is 42.0 Å². The summed E-state index contributed by atoms with van der Waals surface area (Å²) in [5.41, 5.74) is 1.44. The van der Waals surface area contributed by atoms with E-state index in [-0.39, 0.29) is 12.0 Å². The molecule has 2 fully saturated rings. The molecule has 0 saturated carbocycles. The molecule has 0 bridgehead atoms. The van der Waals surface area contributed by atoms with Gasteiger partial charge in [-0.05, 0) is 62.9 Å². The highest BCUT2D eigenvalue weighted by Gasteiger charge is 2.47. The van der Waals surface area contributed by atoms with Gasteiger partial charge in [0.05, 0.1) is 12.7 Å². The summed E-state index contributed by atoms with van der Waals surface area (Å²) in [5.74, 6) is 1.00. The molecule has 0 radical (unpaired) electrons. The first-order valence-electron chi connectivity index (χ1n) is 11.0. The summed E-state index contributed by atoms with van der Waals surface area (Å²) in [7, 11) is 0. The van der Waals surface area contributed by atoms with Gasteiger partial charge in [0.15, 0.2) is 5.60 Å². The monoisotopic (exact) mass is 408 g/mol. The van der Waals surface area contributed by atoms with Crippen LogP contribution in [0.25, 0.3) is 0 Å². The highest BCUT2D eigenvalue weighted by atomic mass is 16.5. The number of rotatable bonds is 5. The second kappa shape index (κ2) is 9.19. The van der Waals surface area contributed by atoms with Gasteiger partial charge >= 0.3 is 0 Å². The second-order valence-electron chi connectivity index (χ2n) is 8.61. The van der Waals surface area contributed by atoms with Crippen molar-refractivity contribution in [1.82, 2.24) is 4.90 Å². The van der Waals surface area contributed by atoms with Crippen LogP contribution in [0.5, 0.6) is 5.75 Å². The van der Waals surface area contributed by atoms with E-state index in [1.807, 2.05) is 61.2 Å². The maximum atomic E-state index is 13.6. The number of anilines is 1. The fourth-order valence-corrected chi connectivity index (χ4v) is 4.46. The number of amides is 1. The number of hydrogen-bond donors (Lipinski definition) is 0. The van der Waals surface area contributed by atoms with Crippen LogP contribution < -0.4 is 9.64 Å².